The zero-order valence-corrected chi connectivity index (χ0v) is 21.8. The summed E-state index contributed by atoms with van der Waals surface area (Å²) in [5.41, 5.74) is 4.53. The first-order chi connectivity index (χ1) is 14.8. The predicted molar refractivity (Wildman–Crippen MR) is 133 cm³/mol. The lowest BCUT2D eigenvalue weighted by Crippen LogP contribution is -2.44. The van der Waals surface area contributed by atoms with E-state index in [1.807, 2.05) is 0 Å². The fraction of sp³-hybridized carbons (Fsp3) is 0.867. The Morgan fingerprint density at radius 3 is 1.34 bits per heavy atom. The summed E-state index contributed by atoms with van der Waals surface area (Å²) >= 11 is 0. The monoisotopic (exact) mass is 440 g/mol. The molecule has 0 N–H and O–H groups in total. The average molecular weight is 441 g/mol. The zero-order chi connectivity index (χ0) is 23.1. The van der Waals surface area contributed by atoms with Gasteiger partial charge >= 0.3 is 0 Å². The summed E-state index contributed by atoms with van der Waals surface area (Å²) in [7, 11) is 0. The van der Waals surface area contributed by atoms with Crippen LogP contribution in [0.1, 0.15) is 106 Å². The minimum Gasteiger partial charge on any atom is -0.366 e. The third-order valence-corrected chi connectivity index (χ3v) is 10.9. The lowest BCUT2D eigenvalue weighted by atomic mass is 9.52. The molecule has 4 saturated carbocycles. The van der Waals surface area contributed by atoms with E-state index in [0.29, 0.717) is 23.0 Å². The van der Waals surface area contributed by atoms with E-state index >= 15 is 0 Å². The highest BCUT2D eigenvalue weighted by molar-refractivity contribution is 5.17. The van der Waals surface area contributed by atoms with Crippen LogP contribution in [-0.2, 0) is 9.47 Å². The van der Waals surface area contributed by atoms with Crippen LogP contribution in [-0.4, -0.2) is 23.4 Å². The summed E-state index contributed by atoms with van der Waals surface area (Å²) in [5, 5.41) is 0. The van der Waals surface area contributed by atoms with Gasteiger partial charge in [-0.05, 0) is 113 Å². The maximum atomic E-state index is 5.86. The van der Waals surface area contributed by atoms with E-state index in [0.717, 1.165) is 23.7 Å². The summed E-state index contributed by atoms with van der Waals surface area (Å²) in [6.45, 7) is 22.9. The Hall–Kier alpha value is -0.600. The fourth-order valence-electron chi connectivity index (χ4n) is 8.17. The number of hydrogen-bond donors (Lipinski definition) is 0. The Balaban J connectivity index is 0.000000135. The first-order valence-corrected chi connectivity index (χ1v) is 13.6. The quantitative estimate of drug-likeness (QED) is 0.283. The first kappa shape index (κ1) is 23.2. The van der Waals surface area contributed by atoms with Crippen molar-refractivity contribution in [1.29, 1.82) is 0 Å². The largest absolute Gasteiger partial charge is 0.366 e. The fourth-order valence-corrected chi connectivity index (χ4v) is 8.17. The van der Waals surface area contributed by atoms with Crippen molar-refractivity contribution < 1.29 is 9.47 Å². The topological polar surface area (TPSA) is 25.1 Å². The standard InChI is InChI=1S/2C15H24O/c2*1-10-5-6-13-15(4,16-13)8-7-12-11(10)9-14(12,2)3/h2*11-13H,1,5-9H2,2-4H3/t2*11-,12-,13-,15-/m11/s1. The molecular formula is C30H48O2. The summed E-state index contributed by atoms with van der Waals surface area (Å²) < 4.78 is 11.7. The van der Waals surface area contributed by atoms with Gasteiger partial charge in [-0.2, -0.15) is 0 Å². The van der Waals surface area contributed by atoms with Crippen LogP contribution in [0, 0.1) is 34.5 Å². The number of ether oxygens (including phenoxy) is 2. The van der Waals surface area contributed by atoms with E-state index in [9.17, 15) is 0 Å². The molecule has 0 unspecified atom stereocenters. The van der Waals surface area contributed by atoms with Gasteiger partial charge in [0, 0.05) is 0 Å². The molecule has 4 aliphatic carbocycles. The molecule has 2 nitrogen and oxygen atoms in total. The van der Waals surface area contributed by atoms with Gasteiger partial charge in [-0.3, -0.25) is 0 Å². The molecule has 0 aromatic rings. The summed E-state index contributed by atoms with van der Waals surface area (Å²) in [6.07, 6.45) is 13.8. The number of epoxide rings is 2. The molecule has 0 spiro atoms. The van der Waals surface area contributed by atoms with Gasteiger partial charge in [-0.1, -0.05) is 52.0 Å². The summed E-state index contributed by atoms with van der Waals surface area (Å²) in [5.74, 6) is 3.35. The highest BCUT2D eigenvalue weighted by Crippen LogP contribution is 2.60. The Bertz CT molecular complexity index is 727. The molecule has 8 atom stereocenters. The molecule has 32 heavy (non-hydrogen) atoms. The Morgan fingerprint density at radius 1 is 0.625 bits per heavy atom. The lowest BCUT2D eigenvalue weighted by molar-refractivity contribution is -0.00222. The van der Waals surface area contributed by atoms with Crippen LogP contribution >= 0.6 is 0 Å². The molecule has 6 rings (SSSR count). The van der Waals surface area contributed by atoms with E-state index in [1.54, 1.807) is 0 Å². The van der Waals surface area contributed by atoms with Crippen molar-refractivity contribution in [2.45, 2.75) is 129 Å². The minimum atomic E-state index is 0.223. The average Bonchev–Trinajstić information content (AvgIpc) is 3.55. The van der Waals surface area contributed by atoms with E-state index < -0.39 is 0 Å². The normalized spacial score (nSPS) is 50.2. The van der Waals surface area contributed by atoms with Gasteiger partial charge in [0.05, 0.1) is 23.4 Å². The second-order valence-electron chi connectivity index (χ2n) is 14.1. The maximum Gasteiger partial charge on any atom is 0.0920 e. The van der Waals surface area contributed by atoms with Gasteiger partial charge in [0.25, 0.3) is 0 Å². The van der Waals surface area contributed by atoms with Crippen molar-refractivity contribution in [3.8, 4) is 0 Å². The first-order valence-electron chi connectivity index (χ1n) is 13.6. The highest BCUT2D eigenvalue weighted by Gasteiger charge is 2.57. The van der Waals surface area contributed by atoms with Crippen LogP contribution < -0.4 is 0 Å². The van der Waals surface area contributed by atoms with Crippen LogP contribution in [0.3, 0.4) is 0 Å². The zero-order valence-electron chi connectivity index (χ0n) is 21.8. The van der Waals surface area contributed by atoms with Gasteiger partial charge in [0.1, 0.15) is 0 Å². The van der Waals surface area contributed by atoms with Crippen LogP contribution in [0.2, 0.25) is 0 Å². The summed E-state index contributed by atoms with van der Waals surface area (Å²) in [4.78, 5) is 0. The number of allylic oxidation sites excluding steroid dienone is 2. The molecule has 0 aromatic carbocycles. The van der Waals surface area contributed by atoms with Gasteiger partial charge < -0.3 is 9.47 Å². The van der Waals surface area contributed by atoms with E-state index in [4.69, 9.17) is 9.47 Å². The van der Waals surface area contributed by atoms with Crippen LogP contribution in [0.5, 0.6) is 0 Å². The van der Waals surface area contributed by atoms with Gasteiger partial charge in [-0.15, -0.1) is 0 Å². The third-order valence-electron chi connectivity index (χ3n) is 10.9. The van der Waals surface area contributed by atoms with Crippen molar-refractivity contribution in [2.24, 2.45) is 34.5 Å². The Labute approximate surface area is 197 Å². The SMILES string of the molecule is C=C1CC[C@H]2O[C@]2(C)CC[C@@H]2[C@@H]1CC2(C)C.C=C1CC[C@H]2O[C@]2(C)CC[C@@H]2[C@@H]1CC2(C)C. The van der Waals surface area contributed by atoms with Crippen molar-refractivity contribution in [2.75, 3.05) is 0 Å². The van der Waals surface area contributed by atoms with E-state index in [-0.39, 0.29) is 11.2 Å². The molecule has 2 aliphatic heterocycles. The molecule has 2 heteroatoms. The number of hydrogen-bond acceptors (Lipinski definition) is 2. The molecule has 0 aromatic heterocycles. The number of rotatable bonds is 0. The molecule has 0 radical (unpaired) electrons. The van der Waals surface area contributed by atoms with Crippen LogP contribution in [0.4, 0.5) is 0 Å². The second-order valence-corrected chi connectivity index (χ2v) is 14.1. The Morgan fingerprint density at radius 2 is 1.00 bits per heavy atom. The maximum absolute atomic E-state index is 5.86. The van der Waals surface area contributed by atoms with Crippen LogP contribution in [0.15, 0.2) is 24.3 Å². The molecule has 0 bridgehead atoms. The third kappa shape index (κ3) is 3.96. The van der Waals surface area contributed by atoms with Crippen molar-refractivity contribution in [3.05, 3.63) is 24.3 Å². The van der Waals surface area contributed by atoms with Gasteiger partial charge in [-0.25, -0.2) is 0 Å². The van der Waals surface area contributed by atoms with Crippen LogP contribution in [0.25, 0.3) is 0 Å². The van der Waals surface area contributed by atoms with Crippen molar-refractivity contribution >= 4 is 0 Å². The molecule has 2 saturated heterocycles. The highest BCUT2D eigenvalue weighted by atomic mass is 16.6. The van der Waals surface area contributed by atoms with E-state index in [1.165, 1.54) is 75.4 Å². The predicted octanol–water partition coefficient (Wildman–Crippen LogP) is 7.87. The molecule has 180 valence electrons. The molecule has 2 heterocycles. The molecule has 0 amide bonds. The molecule has 6 aliphatic rings. The molecular weight excluding hydrogens is 392 g/mol. The van der Waals surface area contributed by atoms with Gasteiger partial charge in [0.2, 0.25) is 0 Å². The second kappa shape index (κ2) is 7.45. The Kier molecular flexibility index (Phi) is 5.39. The summed E-state index contributed by atoms with van der Waals surface area (Å²) in [6, 6.07) is 0. The minimum absolute atomic E-state index is 0.223. The van der Waals surface area contributed by atoms with Crippen molar-refractivity contribution in [3.63, 3.8) is 0 Å². The number of fused-ring (bicyclic) bond motifs is 4. The lowest BCUT2D eigenvalue weighted by Gasteiger charge is -2.53. The van der Waals surface area contributed by atoms with E-state index in [2.05, 4.69) is 54.7 Å². The smallest absolute Gasteiger partial charge is 0.0920 e. The molecule has 6 fully saturated rings. The van der Waals surface area contributed by atoms with Gasteiger partial charge in [0.15, 0.2) is 0 Å². The van der Waals surface area contributed by atoms with Crippen molar-refractivity contribution in [1.82, 2.24) is 0 Å².